The molecule has 0 spiro atoms. The molecule has 1 aliphatic rings. The molecule has 1 nitrogen and oxygen atoms in total. The number of hydrogen-bond acceptors (Lipinski definition) is 2. The van der Waals surface area contributed by atoms with Crippen molar-refractivity contribution in [3.05, 3.63) is 34.9 Å². The van der Waals surface area contributed by atoms with Crippen LogP contribution in [0, 0.1) is 0 Å². The Bertz CT molecular complexity index is 396. The highest BCUT2D eigenvalue weighted by Gasteiger charge is 2.23. The van der Waals surface area contributed by atoms with Crippen LogP contribution >= 0.6 is 23.4 Å². The van der Waals surface area contributed by atoms with Crippen LogP contribution in [0.3, 0.4) is 0 Å². The van der Waals surface area contributed by atoms with E-state index in [-0.39, 0.29) is 0 Å². The van der Waals surface area contributed by atoms with Gasteiger partial charge in [0, 0.05) is 22.4 Å². The Morgan fingerprint density at radius 2 is 2.26 bits per heavy atom. The maximum atomic E-state index is 6.10. The number of nitrogens with one attached hydrogen (secondary N) is 1. The first-order valence-electron chi connectivity index (χ1n) is 7.27. The molecule has 3 atom stereocenters. The molecule has 1 N–H and O–H groups in total. The van der Waals surface area contributed by atoms with Crippen molar-refractivity contribution in [1.29, 1.82) is 0 Å². The van der Waals surface area contributed by atoms with E-state index >= 15 is 0 Å². The van der Waals surface area contributed by atoms with E-state index in [1.807, 2.05) is 23.9 Å². The van der Waals surface area contributed by atoms with Crippen molar-refractivity contribution in [2.45, 2.75) is 56.4 Å². The van der Waals surface area contributed by atoms with E-state index in [0.29, 0.717) is 12.1 Å². The first-order chi connectivity index (χ1) is 9.22. The van der Waals surface area contributed by atoms with Gasteiger partial charge in [0.25, 0.3) is 0 Å². The van der Waals surface area contributed by atoms with Gasteiger partial charge in [-0.15, -0.1) is 0 Å². The zero-order chi connectivity index (χ0) is 13.7. The third kappa shape index (κ3) is 4.40. The van der Waals surface area contributed by atoms with Crippen LogP contribution in [0.15, 0.2) is 24.3 Å². The molecule has 0 amide bonds. The molecule has 19 heavy (non-hydrogen) atoms. The van der Waals surface area contributed by atoms with Gasteiger partial charge in [-0.3, -0.25) is 0 Å². The molecule has 0 saturated heterocycles. The first-order valence-corrected chi connectivity index (χ1v) is 8.93. The minimum absolute atomic E-state index is 0.435. The second-order valence-corrected chi connectivity index (χ2v) is 6.98. The summed E-state index contributed by atoms with van der Waals surface area (Å²) in [6.07, 6.45) is 8.71. The standard InChI is InChI=1S/C16H24ClNS/c1-3-16(12-6-4-7-13(17)10-12)18-14-8-5-9-15(11-14)19-2/h4,6-7,10,14-16,18H,3,5,8-9,11H2,1-2H3. The van der Waals surface area contributed by atoms with E-state index in [4.69, 9.17) is 11.6 Å². The summed E-state index contributed by atoms with van der Waals surface area (Å²) < 4.78 is 0. The number of rotatable bonds is 5. The molecule has 0 aliphatic heterocycles. The molecular weight excluding hydrogens is 274 g/mol. The predicted octanol–water partition coefficient (Wildman–Crippen LogP) is 5.05. The van der Waals surface area contributed by atoms with Crippen LogP contribution in [0.4, 0.5) is 0 Å². The lowest BCUT2D eigenvalue weighted by molar-refractivity contribution is 0.340. The van der Waals surface area contributed by atoms with Crippen molar-refractivity contribution in [1.82, 2.24) is 5.32 Å². The lowest BCUT2D eigenvalue weighted by atomic mass is 9.93. The number of halogens is 1. The zero-order valence-electron chi connectivity index (χ0n) is 11.9. The normalized spacial score (nSPS) is 25.2. The fourth-order valence-corrected chi connectivity index (χ4v) is 3.99. The Labute approximate surface area is 126 Å². The van der Waals surface area contributed by atoms with E-state index in [2.05, 4.69) is 30.6 Å². The first kappa shape index (κ1) is 15.2. The van der Waals surface area contributed by atoms with Crippen LogP contribution in [-0.2, 0) is 0 Å². The van der Waals surface area contributed by atoms with E-state index < -0.39 is 0 Å². The maximum absolute atomic E-state index is 6.10. The molecule has 3 unspecified atom stereocenters. The maximum Gasteiger partial charge on any atom is 0.0409 e. The Hall–Kier alpha value is -0.180. The summed E-state index contributed by atoms with van der Waals surface area (Å²) in [7, 11) is 0. The molecule has 1 aromatic rings. The van der Waals surface area contributed by atoms with Crippen molar-refractivity contribution in [2.24, 2.45) is 0 Å². The summed E-state index contributed by atoms with van der Waals surface area (Å²) in [5.41, 5.74) is 1.32. The van der Waals surface area contributed by atoms with Crippen molar-refractivity contribution in [3.63, 3.8) is 0 Å². The van der Waals surface area contributed by atoms with Gasteiger partial charge in [0.15, 0.2) is 0 Å². The van der Waals surface area contributed by atoms with Gasteiger partial charge in [-0.25, -0.2) is 0 Å². The number of benzene rings is 1. The van der Waals surface area contributed by atoms with Crippen molar-refractivity contribution in [3.8, 4) is 0 Å². The number of thioether (sulfide) groups is 1. The lowest BCUT2D eigenvalue weighted by Crippen LogP contribution is -2.37. The summed E-state index contributed by atoms with van der Waals surface area (Å²) in [5.74, 6) is 0. The van der Waals surface area contributed by atoms with Crippen LogP contribution in [-0.4, -0.2) is 17.5 Å². The fourth-order valence-electron chi connectivity index (χ4n) is 2.97. The minimum atomic E-state index is 0.435. The molecule has 2 rings (SSSR count). The molecule has 1 aromatic carbocycles. The Kier molecular flexibility index (Phi) is 6.06. The minimum Gasteiger partial charge on any atom is -0.307 e. The van der Waals surface area contributed by atoms with E-state index in [9.17, 15) is 0 Å². The molecule has 0 bridgehead atoms. The monoisotopic (exact) mass is 297 g/mol. The predicted molar refractivity (Wildman–Crippen MR) is 87.2 cm³/mol. The van der Waals surface area contributed by atoms with Crippen LogP contribution in [0.25, 0.3) is 0 Å². The van der Waals surface area contributed by atoms with Gasteiger partial charge in [0.2, 0.25) is 0 Å². The van der Waals surface area contributed by atoms with Crippen LogP contribution in [0.5, 0.6) is 0 Å². The summed E-state index contributed by atoms with van der Waals surface area (Å²) in [4.78, 5) is 0. The summed E-state index contributed by atoms with van der Waals surface area (Å²) in [6, 6.07) is 9.37. The number of hydrogen-bond donors (Lipinski definition) is 1. The third-order valence-electron chi connectivity index (χ3n) is 4.06. The topological polar surface area (TPSA) is 12.0 Å². The Morgan fingerprint density at radius 1 is 1.42 bits per heavy atom. The van der Waals surface area contributed by atoms with Crippen LogP contribution in [0.1, 0.15) is 50.6 Å². The second-order valence-electron chi connectivity index (χ2n) is 5.40. The average Bonchev–Trinajstić information content (AvgIpc) is 2.45. The van der Waals surface area contributed by atoms with Gasteiger partial charge in [-0.1, -0.05) is 37.1 Å². The lowest BCUT2D eigenvalue weighted by Gasteiger charge is -2.32. The van der Waals surface area contributed by atoms with Crippen LogP contribution < -0.4 is 5.32 Å². The van der Waals surface area contributed by atoms with Gasteiger partial charge in [0.05, 0.1) is 0 Å². The Balaban J connectivity index is 1.99. The molecule has 1 aliphatic carbocycles. The fraction of sp³-hybridized carbons (Fsp3) is 0.625. The SMILES string of the molecule is CCC(NC1CCCC(SC)C1)c1cccc(Cl)c1. The van der Waals surface area contributed by atoms with E-state index in [0.717, 1.165) is 16.7 Å². The smallest absolute Gasteiger partial charge is 0.0409 e. The van der Waals surface area contributed by atoms with E-state index in [1.165, 1.54) is 31.2 Å². The molecule has 1 fully saturated rings. The zero-order valence-corrected chi connectivity index (χ0v) is 13.4. The summed E-state index contributed by atoms with van der Waals surface area (Å²) >= 11 is 8.12. The molecule has 1 saturated carbocycles. The quantitative estimate of drug-likeness (QED) is 0.816. The molecular formula is C16H24ClNS. The molecule has 106 valence electrons. The van der Waals surface area contributed by atoms with Crippen molar-refractivity contribution in [2.75, 3.05) is 6.26 Å². The van der Waals surface area contributed by atoms with Gasteiger partial charge < -0.3 is 5.32 Å². The average molecular weight is 298 g/mol. The summed E-state index contributed by atoms with van der Waals surface area (Å²) in [6.45, 7) is 2.24. The molecule has 3 heteroatoms. The van der Waals surface area contributed by atoms with Crippen LogP contribution in [0.2, 0.25) is 5.02 Å². The molecule has 0 radical (unpaired) electrons. The molecule has 0 heterocycles. The summed E-state index contributed by atoms with van der Waals surface area (Å²) in [5, 5.41) is 5.51. The van der Waals surface area contributed by atoms with Crippen molar-refractivity contribution < 1.29 is 0 Å². The highest BCUT2D eigenvalue weighted by molar-refractivity contribution is 7.99. The highest BCUT2D eigenvalue weighted by atomic mass is 35.5. The third-order valence-corrected chi connectivity index (χ3v) is 5.39. The largest absolute Gasteiger partial charge is 0.307 e. The van der Waals surface area contributed by atoms with Crippen molar-refractivity contribution >= 4 is 23.4 Å². The van der Waals surface area contributed by atoms with Gasteiger partial charge in [0.1, 0.15) is 0 Å². The van der Waals surface area contributed by atoms with Gasteiger partial charge in [-0.2, -0.15) is 11.8 Å². The molecule has 0 aromatic heterocycles. The van der Waals surface area contributed by atoms with E-state index in [1.54, 1.807) is 0 Å². The highest BCUT2D eigenvalue weighted by Crippen LogP contribution is 2.29. The Morgan fingerprint density at radius 3 is 2.95 bits per heavy atom. The second kappa shape index (κ2) is 7.56. The van der Waals surface area contributed by atoms with Gasteiger partial charge >= 0.3 is 0 Å². The van der Waals surface area contributed by atoms with Gasteiger partial charge in [-0.05, 0) is 49.6 Å².